The molecule has 1 aromatic carbocycles. The Labute approximate surface area is 116 Å². The van der Waals surface area contributed by atoms with Crippen LogP contribution in [-0.4, -0.2) is 22.5 Å². The molecule has 1 fully saturated rings. The number of rotatable bonds is 2. The van der Waals surface area contributed by atoms with E-state index in [0.717, 1.165) is 18.5 Å². The van der Waals surface area contributed by atoms with Crippen LogP contribution in [0.4, 0.5) is 4.39 Å². The summed E-state index contributed by atoms with van der Waals surface area (Å²) in [4.78, 5) is 14.2. The molecule has 4 nitrogen and oxygen atoms in total. The lowest BCUT2D eigenvalue weighted by molar-refractivity contribution is 0.0726. The lowest BCUT2D eigenvalue weighted by Crippen LogP contribution is -2.31. The summed E-state index contributed by atoms with van der Waals surface area (Å²) in [5, 5.41) is 3.98. The van der Waals surface area contributed by atoms with Crippen LogP contribution < -0.4 is 0 Å². The molecule has 2 aromatic rings. The molecule has 104 valence electrons. The van der Waals surface area contributed by atoms with Gasteiger partial charge < -0.3 is 9.42 Å². The van der Waals surface area contributed by atoms with Crippen molar-refractivity contribution in [3.63, 3.8) is 0 Å². The van der Waals surface area contributed by atoms with Gasteiger partial charge in [0.15, 0.2) is 0 Å². The zero-order chi connectivity index (χ0) is 14.1. The Morgan fingerprint density at radius 3 is 2.95 bits per heavy atom. The summed E-state index contributed by atoms with van der Waals surface area (Å²) in [6, 6.07) is 7.77. The van der Waals surface area contributed by atoms with Crippen molar-refractivity contribution in [3.8, 4) is 0 Å². The first-order valence-corrected chi connectivity index (χ1v) is 6.65. The van der Waals surface area contributed by atoms with Gasteiger partial charge in [0.1, 0.15) is 17.3 Å². The Morgan fingerprint density at radius 1 is 1.45 bits per heavy atom. The average molecular weight is 274 g/mol. The highest BCUT2D eigenvalue weighted by atomic mass is 19.1. The second-order valence-corrected chi connectivity index (χ2v) is 5.00. The second kappa shape index (κ2) is 5.07. The van der Waals surface area contributed by atoms with Crippen molar-refractivity contribution in [1.82, 2.24) is 10.1 Å². The standard InChI is InChI=1S/C15H15FN2O2/c1-10-9-13(17-20-10)14-7-4-8-18(14)15(19)11-5-2-3-6-12(11)16/h2-3,5-6,9,14H,4,7-8H2,1H3/t14-/m0/s1. The highest BCUT2D eigenvalue weighted by molar-refractivity contribution is 5.94. The van der Waals surface area contributed by atoms with E-state index in [-0.39, 0.29) is 17.5 Å². The van der Waals surface area contributed by atoms with E-state index in [4.69, 9.17) is 4.52 Å². The normalized spacial score (nSPS) is 18.5. The van der Waals surface area contributed by atoms with Gasteiger partial charge in [0.25, 0.3) is 5.91 Å². The van der Waals surface area contributed by atoms with Crippen molar-refractivity contribution >= 4 is 5.91 Å². The second-order valence-electron chi connectivity index (χ2n) is 5.00. The van der Waals surface area contributed by atoms with Gasteiger partial charge in [-0.25, -0.2) is 4.39 Å². The quantitative estimate of drug-likeness (QED) is 0.845. The molecule has 1 aliphatic heterocycles. The molecule has 0 N–H and O–H groups in total. The first-order chi connectivity index (χ1) is 9.66. The molecule has 1 aliphatic rings. The number of aryl methyl sites for hydroxylation is 1. The Kier molecular flexibility index (Phi) is 3.26. The molecule has 1 atom stereocenters. The first kappa shape index (κ1) is 12.8. The summed E-state index contributed by atoms with van der Waals surface area (Å²) in [5.41, 5.74) is 0.851. The summed E-state index contributed by atoms with van der Waals surface area (Å²) in [6.07, 6.45) is 1.71. The number of halogens is 1. The number of carbonyl (C=O) groups excluding carboxylic acids is 1. The number of hydrogen-bond donors (Lipinski definition) is 0. The fourth-order valence-corrected chi connectivity index (χ4v) is 2.65. The van der Waals surface area contributed by atoms with Crippen LogP contribution in [-0.2, 0) is 0 Å². The molecule has 0 aliphatic carbocycles. The number of nitrogens with zero attached hydrogens (tertiary/aromatic N) is 2. The minimum atomic E-state index is -0.487. The zero-order valence-electron chi connectivity index (χ0n) is 11.2. The molecule has 0 bridgehead atoms. The van der Waals surface area contributed by atoms with Gasteiger partial charge in [-0.2, -0.15) is 0 Å². The van der Waals surface area contributed by atoms with Crippen molar-refractivity contribution in [2.24, 2.45) is 0 Å². The van der Waals surface area contributed by atoms with Crippen LogP contribution in [0.15, 0.2) is 34.9 Å². The minimum absolute atomic E-state index is 0.111. The molecule has 0 unspecified atom stereocenters. The van der Waals surface area contributed by atoms with Crippen LogP contribution >= 0.6 is 0 Å². The van der Waals surface area contributed by atoms with Crippen LogP contribution in [0.25, 0.3) is 0 Å². The number of likely N-dealkylation sites (tertiary alicyclic amines) is 1. The molecule has 0 radical (unpaired) electrons. The molecule has 0 saturated carbocycles. The first-order valence-electron chi connectivity index (χ1n) is 6.65. The lowest BCUT2D eigenvalue weighted by Gasteiger charge is -2.23. The number of carbonyl (C=O) groups is 1. The Bertz CT molecular complexity index is 638. The van der Waals surface area contributed by atoms with Crippen molar-refractivity contribution in [2.75, 3.05) is 6.54 Å². The Balaban J connectivity index is 1.89. The van der Waals surface area contributed by atoms with E-state index in [2.05, 4.69) is 5.16 Å². The third-order valence-corrected chi connectivity index (χ3v) is 3.61. The largest absolute Gasteiger partial charge is 0.361 e. The predicted octanol–water partition coefficient (Wildman–Crippen LogP) is 3.10. The monoisotopic (exact) mass is 274 g/mol. The summed E-state index contributed by atoms with van der Waals surface area (Å²) >= 11 is 0. The van der Waals surface area contributed by atoms with Gasteiger partial charge in [-0.3, -0.25) is 4.79 Å². The van der Waals surface area contributed by atoms with E-state index in [1.807, 2.05) is 13.0 Å². The van der Waals surface area contributed by atoms with E-state index in [1.165, 1.54) is 12.1 Å². The van der Waals surface area contributed by atoms with Crippen molar-refractivity contribution in [3.05, 3.63) is 53.2 Å². The molecular weight excluding hydrogens is 259 g/mol. The lowest BCUT2D eigenvalue weighted by atomic mass is 10.1. The maximum atomic E-state index is 13.7. The minimum Gasteiger partial charge on any atom is -0.361 e. The Morgan fingerprint density at radius 2 is 2.25 bits per heavy atom. The van der Waals surface area contributed by atoms with Crippen molar-refractivity contribution < 1.29 is 13.7 Å². The van der Waals surface area contributed by atoms with Gasteiger partial charge in [-0.15, -0.1) is 0 Å². The molecule has 5 heteroatoms. The summed E-state index contributed by atoms with van der Waals surface area (Å²) in [6.45, 7) is 2.43. The van der Waals surface area contributed by atoms with Gasteiger partial charge in [-0.1, -0.05) is 17.3 Å². The molecular formula is C15H15FN2O2. The van der Waals surface area contributed by atoms with Crippen LogP contribution in [0.3, 0.4) is 0 Å². The molecule has 3 rings (SSSR count). The van der Waals surface area contributed by atoms with Crippen molar-refractivity contribution in [2.45, 2.75) is 25.8 Å². The molecule has 2 heterocycles. The van der Waals surface area contributed by atoms with Gasteiger partial charge in [0, 0.05) is 12.6 Å². The number of benzene rings is 1. The average Bonchev–Trinajstić information content (AvgIpc) is 3.06. The van der Waals surface area contributed by atoms with Gasteiger partial charge >= 0.3 is 0 Å². The molecule has 1 saturated heterocycles. The number of amides is 1. The third-order valence-electron chi connectivity index (χ3n) is 3.61. The summed E-state index contributed by atoms with van der Waals surface area (Å²) in [5.74, 6) is -0.0593. The van der Waals surface area contributed by atoms with E-state index in [1.54, 1.807) is 17.0 Å². The SMILES string of the molecule is Cc1cc([C@@H]2CCCN2C(=O)c2ccccc2F)no1. The highest BCUT2D eigenvalue weighted by Crippen LogP contribution is 2.33. The maximum Gasteiger partial charge on any atom is 0.257 e. The van der Waals surface area contributed by atoms with Crippen LogP contribution in [0.5, 0.6) is 0 Å². The summed E-state index contributed by atoms with van der Waals surface area (Å²) in [7, 11) is 0. The highest BCUT2D eigenvalue weighted by Gasteiger charge is 2.33. The van der Waals surface area contributed by atoms with Crippen LogP contribution in [0.1, 0.15) is 40.7 Å². The molecule has 20 heavy (non-hydrogen) atoms. The summed E-state index contributed by atoms with van der Waals surface area (Å²) < 4.78 is 18.8. The topological polar surface area (TPSA) is 46.3 Å². The molecule has 0 spiro atoms. The van der Waals surface area contributed by atoms with E-state index >= 15 is 0 Å². The number of aromatic nitrogens is 1. The van der Waals surface area contributed by atoms with E-state index in [0.29, 0.717) is 12.3 Å². The van der Waals surface area contributed by atoms with Gasteiger partial charge in [-0.05, 0) is 31.9 Å². The maximum absolute atomic E-state index is 13.7. The Hall–Kier alpha value is -2.17. The fraction of sp³-hybridized carbons (Fsp3) is 0.333. The van der Waals surface area contributed by atoms with E-state index in [9.17, 15) is 9.18 Å². The van der Waals surface area contributed by atoms with Crippen molar-refractivity contribution in [1.29, 1.82) is 0 Å². The zero-order valence-corrected chi connectivity index (χ0v) is 11.2. The van der Waals surface area contributed by atoms with Crippen LogP contribution in [0, 0.1) is 12.7 Å². The van der Waals surface area contributed by atoms with Gasteiger partial charge in [0.05, 0.1) is 11.6 Å². The number of hydrogen-bond acceptors (Lipinski definition) is 3. The van der Waals surface area contributed by atoms with Crippen LogP contribution in [0.2, 0.25) is 0 Å². The fourth-order valence-electron chi connectivity index (χ4n) is 2.65. The van der Waals surface area contributed by atoms with Gasteiger partial charge in [0.2, 0.25) is 0 Å². The third kappa shape index (κ3) is 2.19. The smallest absolute Gasteiger partial charge is 0.257 e. The predicted molar refractivity (Wildman–Crippen MR) is 70.7 cm³/mol. The molecule has 1 amide bonds. The molecule has 1 aromatic heterocycles. The van der Waals surface area contributed by atoms with E-state index < -0.39 is 5.82 Å².